The zero-order valence-electron chi connectivity index (χ0n) is 9.40. The maximum absolute atomic E-state index is 8.08. The molecular weight excluding hydrogens is 204 g/mol. The van der Waals surface area contributed by atoms with Crippen molar-refractivity contribution in [1.29, 1.82) is 5.41 Å². The summed E-state index contributed by atoms with van der Waals surface area (Å²) >= 11 is 0. The fourth-order valence-corrected chi connectivity index (χ4v) is 1.72. The lowest BCUT2D eigenvalue weighted by Crippen LogP contribution is -2.40. The average molecular weight is 220 g/mol. The predicted molar refractivity (Wildman–Crippen MR) is 62.2 cm³/mol. The maximum atomic E-state index is 8.08. The topological polar surface area (TPSA) is 45.5 Å². The van der Waals surface area contributed by atoms with Gasteiger partial charge >= 0.3 is 0 Å². The van der Waals surface area contributed by atoms with Crippen molar-refractivity contribution < 1.29 is 9.47 Å². The first kappa shape index (κ1) is 11.0. The van der Waals surface area contributed by atoms with E-state index in [2.05, 4.69) is 0 Å². The van der Waals surface area contributed by atoms with Gasteiger partial charge in [-0.05, 0) is 24.3 Å². The number of amidine groups is 1. The summed E-state index contributed by atoms with van der Waals surface area (Å²) in [5.74, 6) is 1.38. The Hall–Kier alpha value is -1.55. The molecule has 0 aliphatic carbocycles. The van der Waals surface area contributed by atoms with Crippen LogP contribution in [0.4, 0.5) is 0 Å². The minimum atomic E-state index is 0.561. The average Bonchev–Trinajstić information content (AvgIpc) is 2.39. The lowest BCUT2D eigenvalue weighted by molar-refractivity contribution is 0.0680. The van der Waals surface area contributed by atoms with Crippen molar-refractivity contribution in [1.82, 2.24) is 4.90 Å². The monoisotopic (exact) mass is 220 g/mol. The number of rotatable bonds is 2. The molecule has 1 aliphatic rings. The molecule has 4 nitrogen and oxygen atoms in total. The molecule has 0 amide bonds. The van der Waals surface area contributed by atoms with Crippen LogP contribution in [0.3, 0.4) is 0 Å². The lowest BCUT2D eigenvalue weighted by atomic mass is 10.2. The van der Waals surface area contributed by atoms with Crippen LogP contribution in [0.2, 0.25) is 0 Å². The Morgan fingerprint density at radius 3 is 2.44 bits per heavy atom. The van der Waals surface area contributed by atoms with Crippen molar-refractivity contribution in [2.75, 3.05) is 33.4 Å². The van der Waals surface area contributed by atoms with E-state index in [1.165, 1.54) is 0 Å². The van der Waals surface area contributed by atoms with E-state index < -0.39 is 0 Å². The molecule has 1 N–H and O–H groups in total. The molecule has 1 aliphatic heterocycles. The minimum Gasteiger partial charge on any atom is -0.497 e. The van der Waals surface area contributed by atoms with E-state index in [-0.39, 0.29) is 0 Å². The molecule has 1 saturated heterocycles. The lowest BCUT2D eigenvalue weighted by Gasteiger charge is -2.29. The molecule has 16 heavy (non-hydrogen) atoms. The Bertz CT molecular complexity index is 356. The summed E-state index contributed by atoms with van der Waals surface area (Å²) in [6.07, 6.45) is 0. The second-order valence-corrected chi connectivity index (χ2v) is 3.68. The first-order valence-electron chi connectivity index (χ1n) is 5.37. The van der Waals surface area contributed by atoms with E-state index in [1.54, 1.807) is 7.11 Å². The molecule has 0 radical (unpaired) electrons. The molecule has 0 unspecified atom stereocenters. The Morgan fingerprint density at radius 1 is 1.25 bits per heavy atom. The fourth-order valence-electron chi connectivity index (χ4n) is 1.72. The van der Waals surface area contributed by atoms with E-state index in [1.807, 2.05) is 29.2 Å². The summed E-state index contributed by atoms with van der Waals surface area (Å²) in [6.45, 7) is 3.01. The highest BCUT2D eigenvalue weighted by molar-refractivity contribution is 5.96. The van der Waals surface area contributed by atoms with E-state index >= 15 is 0 Å². The highest BCUT2D eigenvalue weighted by atomic mass is 16.5. The van der Waals surface area contributed by atoms with Gasteiger partial charge in [-0.3, -0.25) is 5.41 Å². The summed E-state index contributed by atoms with van der Waals surface area (Å²) < 4.78 is 10.4. The van der Waals surface area contributed by atoms with Gasteiger partial charge in [-0.1, -0.05) is 0 Å². The van der Waals surface area contributed by atoms with Crippen LogP contribution in [0.15, 0.2) is 24.3 Å². The first-order chi connectivity index (χ1) is 7.81. The zero-order valence-corrected chi connectivity index (χ0v) is 9.40. The van der Waals surface area contributed by atoms with Crippen molar-refractivity contribution in [2.45, 2.75) is 0 Å². The number of morpholine rings is 1. The van der Waals surface area contributed by atoms with Gasteiger partial charge in [-0.25, -0.2) is 0 Å². The van der Waals surface area contributed by atoms with Crippen LogP contribution in [-0.4, -0.2) is 44.1 Å². The predicted octanol–water partition coefficient (Wildman–Crippen LogP) is 1.35. The number of nitrogens with zero attached hydrogens (tertiary/aromatic N) is 1. The van der Waals surface area contributed by atoms with Gasteiger partial charge in [0.15, 0.2) is 0 Å². The highest BCUT2D eigenvalue weighted by Crippen LogP contribution is 2.13. The maximum Gasteiger partial charge on any atom is 0.128 e. The largest absolute Gasteiger partial charge is 0.497 e. The Morgan fingerprint density at radius 2 is 1.88 bits per heavy atom. The quantitative estimate of drug-likeness (QED) is 0.604. The number of benzene rings is 1. The first-order valence-corrected chi connectivity index (χ1v) is 5.37. The second-order valence-electron chi connectivity index (χ2n) is 3.68. The van der Waals surface area contributed by atoms with Crippen LogP contribution < -0.4 is 4.74 Å². The molecule has 4 heteroatoms. The Labute approximate surface area is 95.3 Å². The van der Waals surface area contributed by atoms with E-state index in [4.69, 9.17) is 14.9 Å². The molecular formula is C12H16N2O2. The van der Waals surface area contributed by atoms with Gasteiger partial charge in [0.2, 0.25) is 0 Å². The fraction of sp³-hybridized carbons (Fsp3) is 0.417. The molecule has 1 heterocycles. The van der Waals surface area contributed by atoms with Crippen molar-refractivity contribution >= 4 is 5.84 Å². The molecule has 1 fully saturated rings. The summed E-state index contributed by atoms with van der Waals surface area (Å²) in [4.78, 5) is 2.03. The molecule has 1 aromatic rings. The number of ether oxygens (including phenoxy) is 2. The van der Waals surface area contributed by atoms with Crippen molar-refractivity contribution in [2.24, 2.45) is 0 Å². The molecule has 0 atom stereocenters. The van der Waals surface area contributed by atoms with E-state index in [0.29, 0.717) is 19.0 Å². The molecule has 86 valence electrons. The highest BCUT2D eigenvalue weighted by Gasteiger charge is 2.14. The molecule has 1 aromatic carbocycles. The molecule has 0 saturated carbocycles. The van der Waals surface area contributed by atoms with Crippen LogP contribution in [0.1, 0.15) is 5.56 Å². The van der Waals surface area contributed by atoms with Crippen LogP contribution in [0.25, 0.3) is 0 Å². The van der Waals surface area contributed by atoms with Gasteiger partial charge in [-0.15, -0.1) is 0 Å². The standard InChI is InChI=1S/C12H16N2O2/c1-15-11-4-2-10(3-5-11)12(13)14-6-8-16-9-7-14/h2-5,13H,6-9H2,1H3. The summed E-state index contributed by atoms with van der Waals surface area (Å²) in [7, 11) is 1.64. The number of methoxy groups -OCH3 is 1. The van der Waals surface area contributed by atoms with Gasteiger partial charge in [-0.2, -0.15) is 0 Å². The van der Waals surface area contributed by atoms with Crippen molar-refractivity contribution in [3.8, 4) is 5.75 Å². The minimum absolute atomic E-state index is 0.561. The third kappa shape index (κ3) is 2.33. The van der Waals surface area contributed by atoms with Gasteiger partial charge in [0.25, 0.3) is 0 Å². The number of hydrogen-bond donors (Lipinski definition) is 1. The molecule has 2 rings (SSSR count). The second kappa shape index (κ2) is 4.99. The Balaban J connectivity index is 2.07. The van der Waals surface area contributed by atoms with Crippen LogP contribution in [0.5, 0.6) is 5.75 Å². The smallest absolute Gasteiger partial charge is 0.128 e. The van der Waals surface area contributed by atoms with Crippen molar-refractivity contribution in [3.63, 3.8) is 0 Å². The summed E-state index contributed by atoms with van der Waals surface area (Å²) in [6, 6.07) is 7.59. The third-order valence-corrected chi connectivity index (χ3v) is 2.69. The van der Waals surface area contributed by atoms with Crippen molar-refractivity contribution in [3.05, 3.63) is 29.8 Å². The summed E-state index contributed by atoms with van der Waals surface area (Å²) in [5.41, 5.74) is 0.919. The molecule has 0 aromatic heterocycles. The van der Waals surface area contributed by atoms with Crippen LogP contribution in [-0.2, 0) is 4.74 Å². The van der Waals surface area contributed by atoms with E-state index in [9.17, 15) is 0 Å². The third-order valence-electron chi connectivity index (χ3n) is 2.69. The Kier molecular flexibility index (Phi) is 3.41. The molecule has 0 spiro atoms. The van der Waals surface area contributed by atoms with Gasteiger partial charge in [0, 0.05) is 18.7 Å². The number of hydrogen-bond acceptors (Lipinski definition) is 3. The zero-order chi connectivity index (χ0) is 11.4. The van der Waals surface area contributed by atoms with Gasteiger partial charge < -0.3 is 14.4 Å². The van der Waals surface area contributed by atoms with Crippen LogP contribution in [0, 0.1) is 5.41 Å². The van der Waals surface area contributed by atoms with Gasteiger partial charge in [0.1, 0.15) is 11.6 Å². The summed E-state index contributed by atoms with van der Waals surface area (Å²) in [5, 5.41) is 8.08. The normalized spacial score (nSPS) is 15.9. The number of nitrogens with one attached hydrogen (secondary N) is 1. The molecule has 0 bridgehead atoms. The van der Waals surface area contributed by atoms with E-state index in [0.717, 1.165) is 24.4 Å². The van der Waals surface area contributed by atoms with Gasteiger partial charge in [0.05, 0.1) is 20.3 Å². The van der Waals surface area contributed by atoms with Crippen LogP contribution >= 0.6 is 0 Å². The SMILES string of the molecule is COc1ccc(C(=N)N2CCOCC2)cc1.